The summed E-state index contributed by atoms with van der Waals surface area (Å²) in [6, 6.07) is 22.1. The average Bonchev–Trinajstić information content (AvgIpc) is 3.33. The normalized spacial score (nSPS) is 20.9. The largest absolute Gasteiger partial charge is 0.507 e. The van der Waals surface area contributed by atoms with Gasteiger partial charge in [0.15, 0.2) is 0 Å². The third kappa shape index (κ3) is 4.14. The standard InChI is InChI=1S/C28H24BrNO4/c1-17-14-21-15-20(10-11-23(21)34-17)26(31)24-25(19-8-5-9-22(29)16-19)30(28(33)27(24)32)13-12-18-6-3-2-4-7-18/h2-11,15-17,25,31H,12-14H2,1H3. The summed E-state index contributed by atoms with van der Waals surface area (Å²) in [5.41, 5.74) is 3.45. The minimum absolute atomic E-state index is 0.0673. The fourth-order valence-corrected chi connectivity index (χ4v) is 5.17. The number of hydrogen-bond acceptors (Lipinski definition) is 4. The minimum atomic E-state index is -0.676. The summed E-state index contributed by atoms with van der Waals surface area (Å²) in [6.07, 6.45) is 1.40. The van der Waals surface area contributed by atoms with Gasteiger partial charge in [0.1, 0.15) is 17.6 Å². The second-order valence-corrected chi connectivity index (χ2v) is 9.65. The van der Waals surface area contributed by atoms with Crippen LogP contribution in [0.25, 0.3) is 5.76 Å². The highest BCUT2D eigenvalue weighted by molar-refractivity contribution is 9.10. The van der Waals surface area contributed by atoms with E-state index >= 15 is 0 Å². The van der Waals surface area contributed by atoms with Crippen LogP contribution in [-0.4, -0.2) is 34.3 Å². The maximum absolute atomic E-state index is 13.3. The number of carbonyl (C=O) groups excluding carboxylic acids is 2. The number of halogens is 1. The molecule has 0 radical (unpaired) electrons. The fourth-order valence-electron chi connectivity index (χ4n) is 4.75. The number of ketones is 1. The van der Waals surface area contributed by atoms with Gasteiger partial charge in [-0.05, 0) is 60.4 Å². The van der Waals surface area contributed by atoms with Crippen LogP contribution in [-0.2, 0) is 22.4 Å². The van der Waals surface area contributed by atoms with Crippen LogP contribution < -0.4 is 4.74 Å². The van der Waals surface area contributed by atoms with E-state index in [1.54, 1.807) is 11.0 Å². The van der Waals surface area contributed by atoms with Crippen LogP contribution in [0.15, 0.2) is 82.8 Å². The van der Waals surface area contributed by atoms with Gasteiger partial charge in [0.2, 0.25) is 0 Å². The minimum Gasteiger partial charge on any atom is -0.507 e. The van der Waals surface area contributed by atoms with Crippen LogP contribution in [0.1, 0.15) is 35.2 Å². The monoisotopic (exact) mass is 517 g/mol. The summed E-state index contributed by atoms with van der Waals surface area (Å²) in [4.78, 5) is 28.0. The molecule has 1 N–H and O–H groups in total. The Balaban J connectivity index is 1.58. The maximum Gasteiger partial charge on any atom is 0.295 e. The zero-order valence-electron chi connectivity index (χ0n) is 18.7. The van der Waals surface area contributed by atoms with Crippen LogP contribution in [0, 0.1) is 0 Å². The third-order valence-electron chi connectivity index (χ3n) is 6.36. The molecule has 0 aromatic heterocycles. The van der Waals surface area contributed by atoms with E-state index in [9.17, 15) is 14.7 Å². The predicted molar refractivity (Wildman–Crippen MR) is 134 cm³/mol. The molecule has 1 saturated heterocycles. The second kappa shape index (κ2) is 9.11. The van der Waals surface area contributed by atoms with Gasteiger partial charge < -0.3 is 14.7 Å². The topological polar surface area (TPSA) is 66.8 Å². The van der Waals surface area contributed by atoms with Gasteiger partial charge in [-0.25, -0.2) is 0 Å². The van der Waals surface area contributed by atoms with E-state index in [1.165, 1.54) is 0 Å². The lowest BCUT2D eigenvalue weighted by Gasteiger charge is -2.25. The number of rotatable bonds is 5. The van der Waals surface area contributed by atoms with E-state index in [0.29, 0.717) is 18.5 Å². The number of carbonyl (C=O) groups is 2. The van der Waals surface area contributed by atoms with Gasteiger partial charge in [-0.15, -0.1) is 0 Å². The molecule has 5 rings (SSSR count). The molecule has 1 amide bonds. The maximum atomic E-state index is 13.3. The molecule has 2 aliphatic heterocycles. The molecule has 0 aliphatic carbocycles. The Hall–Kier alpha value is -3.38. The molecule has 2 heterocycles. The number of aliphatic hydroxyl groups excluding tert-OH is 1. The van der Waals surface area contributed by atoms with Crippen molar-refractivity contribution < 1.29 is 19.4 Å². The van der Waals surface area contributed by atoms with Gasteiger partial charge in [0, 0.05) is 23.0 Å². The molecule has 34 heavy (non-hydrogen) atoms. The average molecular weight is 518 g/mol. The number of ether oxygens (including phenoxy) is 1. The van der Waals surface area contributed by atoms with Crippen molar-refractivity contribution in [3.05, 3.63) is 105 Å². The molecular formula is C28H24BrNO4. The lowest BCUT2D eigenvalue weighted by Crippen LogP contribution is -2.31. The molecular weight excluding hydrogens is 494 g/mol. The summed E-state index contributed by atoms with van der Waals surface area (Å²) in [5.74, 6) is -0.634. The predicted octanol–water partition coefficient (Wildman–Crippen LogP) is 5.44. The van der Waals surface area contributed by atoms with Crippen molar-refractivity contribution in [2.75, 3.05) is 6.54 Å². The van der Waals surface area contributed by atoms with Crippen LogP contribution in [0.5, 0.6) is 5.75 Å². The highest BCUT2D eigenvalue weighted by Gasteiger charge is 2.46. The second-order valence-electron chi connectivity index (χ2n) is 8.74. The van der Waals surface area contributed by atoms with E-state index < -0.39 is 17.7 Å². The number of amides is 1. The lowest BCUT2D eigenvalue weighted by molar-refractivity contribution is -0.139. The van der Waals surface area contributed by atoms with Crippen molar-refractivity contribution in [3.63, 3.8) is 0 Å². The Bertz CT molecular complexity index is 1300. The van der Waals surface area contributed by atoms with E-state index in [1.807, 2.05) is 73.7 Å². The van der Waals surface area contributed by atoms with E-state index in [-0.39, 0.29) is 17.4 Å². The van der Waals surface area contributed by atoms with E-state index in [4.69, 9.17) is 4.74 Å². The number of nitrogens with zero attached hydrogens (tertiary/aromatic N) is 1. The first-order valence-corrected chi connectivity index (χ1v) is 12.1. The van der Waals surface area contributed by atoms with Crippen LogP contribution in [0.4, 0.5) is 0 Å². The van der Waals surface area contributed by atoms with Gasteiger partial charge in [-0.1, -0.05) is 58.4 Å². The van der Waals surface area contributed by atoms with Crippen molar-refractivity contribution in [2.45, 2.75) is 31.9 Å². The smallest absolute Gasteiger partial charge is 0.295 e. The SMILES string of the molecule is CC1Cc2cc(C(O)=C3C(=O)C(=O)N(CCc4ccccc4)C3c3cccc(Br)c3)ccc2O1. The quantitative estimate of drug-likeness (QED) is 0.278. The van der Waals surface area contributed by atoms with Gasteiger partial charge in [0.05, 0.1) is 11.6 Å². The first kappa shape index (κ1) is 22.4. The third-order valence-corrected chi connectivity index (χ3v) is 6.85. The zero-order chi connectivity index (χ0) is 23.8. The molecule has 3 aromatic rings. The number of hydrogen-bond donors (Lipinski definition) is 1. The summed E-state index contributed by atoms with van der Waals surface area (Å²) >= 11 is 3.50. The van der Waals surface area contributed by atoms with Crippen molar-refractivity contribution in [3.8, 4) is 5.75 Å². The number of aliphatic hydroxyl groups is 1. The van der Waals surface area contributed by atoms with Crippen LogP contribution in [0.3, 0.4) is 0 Å². The molecule has 0 spiro atoms. The highest BCUT2D eigenvalue weighted by Crippen LogP contribution is 2.41. The first-order chi connectivity index (χ1) is 16.4. The number of Topliss-reactive ketones (excluding diaryl/α,β-unsaturated/α-hetero) is 1. The van der Waals surface area contributed by atoms with Gasteiger partial charge in [-0.3, -0.25) is 9.59 Å². The summed E-state index contributed by atoms with van der Waals surface area (Å²) in [7, 11) is 0. The van der Waals surface area contributed by atoms with Crippen molar-refractivity contribution in [1.29, 1.82) is 0 Å². The van der Waals surface area contributed by atoms with Gasteiger partial charge in [0.25, 0.3) is 11.7 Å². The number of benzene rings is 3. The van der Waals surface area contributed by atoms with Crippen molar-refractivity contribution >= 4 is 33.4 Å². The Labute approximate surface area is 206 Å². The molecule has 2 unspecified atom stereocenters. The molecule has 172 valence electrons. The molecule has 2 atom stereocenters. The summed E-state index contributed by atoms with van der Waals surface area (Å²) < 4.78 is 6.60. The fraction of sp³-hybridized carbons (Fsp3) is 0.214. The van der Waals surface area contributed by atoms with Crippen LogP contribution in [0.2, 0.25) is 0 Å². The molecule has 2 aliphatic rings. The molecule has 0 saturated carbocycles. The van der Waals surface area contributed by atoms with E-state index in [2.05, 4.69) is 15.9 Å². The van der Waals surface area contributed by atoms with Crippen molar-refractivity contribution in [2.24, 2.45) is 0 Å². The molecule has 0 bridgehead atoms. The molecule has 6 heteroatoms. The summed E-state index contributed by atoms with van der Waals surface area (Å²) in [6.45, 7) is 2.35. The Morgan fingerprint density at radius 1 is 1.06 bits per heavy atom. The molecule has 1 fully saturated rings. The Morgan fingerprint density at radius 3 is 2.62 bits per heavy atom. The Kier molecular flexibility index (Phi) is 6.00. The zero-order valence-corrected chi connectivity index (χ0v) is 20.3. The number of likely N-dealkylation sites (tertiary alicyclic amines) is 1. The lowest BCUT2D eigenvalue weighted by atomic mass is 9.94. The van der Waals surface area contributed by atoms with Crippen molar-refractivity contribution in [1.82, 2.24) is 4.90 Å². The molecule has 5 nitrogen and oxygen atoms in total. The number of fused-ring (bicyclic) bond motifs is 1. The van der Waals surface area contributed by atoms with Gasteiger partial charge >= 0.3 is 0 Å². The van der Waals surface area contributed by atoms with E-state index in [0.717, 1.165) is 33.3 Å². The highest BCUT2D eigenvalue weighted by atomic mass is 79.9. The van der Waals surface area contributed by atoms with Gasteiger partial charge in [-0.2, -0.15) is 0 Å². The Morgan fingerprint density at radius 2 is 1.85 bits per heavy atom. The molecule has 3 aromatic carbocycles. The van der Waals surface area contributed by atoms with Crippen LogP contribution >= 0.6 is 15.9 Å². The first-order valence-electron chi connectivity index (χ1n) is 11.3. The summed E-state index contributed by atoms with van der Waals surface area (Å²) in [5, 5.41) is 11.3.